The Labute approximate surface area is 263 Å². The molecule has 2 nitrogen and oxygen atoms in total. The van der Waals surface area contributed by atoms with Crippen LogP contribution < -0.4 is 0 Å². The molecule has 10 aromatic rings. The second-order valence-electron chi connectivity index (χ2n) is 11.9. The highest BCUT2D eigenvalue weighted by Crippen LogP contribution is 2.43. The number of aromatic nitrogens is 2. The average Bonchev–Trinajstić information content (AvgIpc) is 3.75. The van der Waals surface area contributed by atoms with Crippen molar-refractivity contribution in [3.63, 3.8) is 0 Å². The van der Waals surface area contributed by atoms with Crippen molar-refractivity contribution in [3.8, 4) is 27.9 Å². The van der Waals surface area contributed by atoms with Crippen LogP contribution in [0.4, 0.5) is 0 Å². The van der Waals surface area contributed by atoms with Crippen molar-refractivity contribution in [2.24, 2.45) is 0 Å². The summed E-state index contributed by atoms with van der Waals surface area (Å²) in [4.78, 5) is 3.66. The van der Waals surface area contributed by atoms with E-state index in [-0.39, 0.29) is 0 Å². The first-order valence-electron chi connectivity index (χ1n) is 15.3. The third-order valence-corrected chi connectivity index (χ3v) is 10.4. The Hall–Kier alpha value is -5.64. The molecule has 0 unspecified atom stereocenters. The van der Waals surface area contributed by atoms with E-state index in [0.29, 0.717) is 0 Å². The molecule has 3 aromatic heterocycles. The first-order valence-corrected chi connectivity index (χ1v) is 16.2. The summed E-state index contributed by atoms with van der Waals surface area (Å²) in [6.07, 6.45) is 0. The summed E-state index contributed by atoms with van der Waals surface area (Å²) in [7, 11) is 0. The minimum Gasteiger partial charge on any atom is -0.354 e. The Kier molecular flexibility index (Phi) is 5.19. The van der Waals surface area contributed by atoms with Crippen molar-refractivity contribution in [3.05, 3.63) is 152 Å². The first kappa shape index (κ1) is 24.8. The monoisotopic (exact) mass is 590 g/mol. The average molecular weight is 591 g/mol. The summed E-state index contributed by atoms with van der Waals surface area (Å²) >= 11 is 1.89. The molecule has 0 bridgehead atoms. The topological polar surface area (TPSA) is 20.7 Å². The molecule has 10 rings (SSSR count). The van der Waals surface area contributed by atoms with Gasteiger partial charge in [-0.3, -0.25) is 0 Å². The van der Waals surface area contributed by atoms with Crippen LogP contribution in [0.5, 0.6) is 0 Å². The lowest BCUT2D eigenvalue weighted by Crippen LogP contribution is -1.96. The molecule has 7 aromatic carbocycles. The Morgan fingerprint density at radius 2 is 1.00 bits per heavy atom. The molecule has 0 amide bonds. The summed E-state index contributed by atoms with van der Waals surface area (Å²) in [6, 6.07) is 55.4. The first-order chi connectivity index (χ1) is 22.3. The number of hydrogen-bond acceptors (Lipinski definition) is 1. The van der Waals surface area contributed by atoms with Gasteiger partial charge in [-0.1, -0.05) is 97.1 Å². The molecule has 3 heteroatoms. The molecule has 0 fully saturated rings. The van der Waals surface area contributed by atoms with E-state index in [9.17, 15) is 0 Å². The number of benzene rings is 7. The van der Waals surface area contributed by atoms with Gasteiger partial charge >= 0.3 is 0 Å². The molecule has 0 saturated heterocycles. The van der Waals surface area contributed by atoms with Crippen molar-refractivity contribution in [1.29, 1.82) is 0 Å². The molecule has 0 saturated carbocycles. The number of nitrogens with one attached hydrogen (secondary N) is 1. The van der Waals surface area contributed by atoms with Gasteiger partial charge in [0.25, 0.3) is 0 Å². The van der Waals surface area contributed by atoms with Gasteiger partial charge in [-0.05, 0) is 76.9 Å². The smallest absolute Gasteiger partial charge is 0.0555 e. The van der Waals surface area contributed by atoms with Crippen molar-refractivity contribution in [1.82, 2.24) is 9.55 Å². The van der Waals surface area contributed by atoms with Gasteiger partial charge in [-0.15, -0.1) is 11.3 Å². The normalized spacial score (nSPS) is 12.0. The summed E-state index contributed by atoms with van der Waals surface area (Å²) in [5.41, 5.74) is 10.9. The van der Waals surface area contributed by atoms with E-state index in [4.69, 9.17) is 0 Å². The van der Waals surface area contributed by atoms with Crippen LogP contribution in [0, 0.1) is 0 Å². The maximum atomic E-state index is 3.66. The van der Waals surface area contributed by atoms with E-state index >= 15 is 0 Å². The van der Waals surface area contributed by atoms with Crippen LogP contribution in [0.3, 0.4) is 0 Å². The number of rotatable bonds is 3. The standard InChI is InChI=1S/C42H26N2S/c1-3-11-26(12-4-1)28-19-29(27-13-5-2-6-14-27)21-30(20-28)44-39-18-10-8-16-32(39)34-22-35-36-23-38-33(31-15-7-9-17-37(31)43-38)24-41(36)45-42(35)25-40(34)44/h1-25,43H. The zero-order valence-corrected chi connectivity index (χ0v) is 25.1. The molecule has 45 heavy (non-hydrogen) atoms. The summed E-state index contributed by atoms with van der Waals surface area (Å²) in [5, 5.41) is 7.74. The zero-order chi connectivity index (χ0) is 29.5. The van der Waals surface area contributed by atoms with Crippen LogP contribution in [-0.4, -0.2) is 9.55 Å². The minimum atomic E-state index is 1.17. The van der Waals surface area contributed by atoms with E-state index in [0.717, 1.165) is 0 Å². The van der Waals surface area contributed by atoms with Gasteiger partial charge in [0.2, 0.25) is 0 Å². The Morgan fingerprint density at radius 3 is 1.76 bits per heavy atom. The quantitative estimate of drug-likeness (QED) is 0.211. The molecule has 0 radical (unpaired) electrons. The SMILES string of the molecule is c1ccc(-c2cc(-c3ccccc3)cc(-n3c4ccccc4c4cc5c(cc43)sc3cc4c(cc35)[nH]c3ccccc34)c2)cc1. The van der Waals surface area contributed by atoms with E-state index in [2.05, 4.69) is 161 Å². The predicted molar refractivity (Wildman–Crippen MR) is 194 cm³/mol. The molecule has 210 valence electrons. The summed E-state index contributed by atoms with van der Waals surface area (Å²) in [6.45, 7) is 0. The molecule has 0 aliphatic carbocycles. The van der Waals surface area contributed by atoms with Crippen LogP contribution >= 0.6 is 11.3 Å². The third kappa shape index (κ3) is 3.75. The fraction of sp³-hybridized carbons (Fsp3) is 0. The molecule has 0 aliphatic rings. The predicted octanol–water partition coefficient (Wildman–Crippen LogP) is 12.1. The van der Waals surface area contributed by atoms with Gasteiger partial charge in [0.1, 0.15) is 0 Å². The van der Waals surface area contributed by atoms with Crippen molar-refractivity contribution < 1.29 is 0 Å². The third-order valence-electron chi connectivity index (χ3n) is 9.28. The van der Waals surface area contributed by atoms with Crippen LogP contribution in [0.1, 0.15) is 0 Å². The minimum absolute atomic E-state index is 1.17. The van der Waals surface area contributed by atoms with Crippen LogP contribution in [0.15, 0.2) is 152 Å². The number of nitrogens with zero attached hydrogens (tertiary/aromatic N) is 1. The van der Waals surface area contributed by atoms with Gasteiger partial charge in [0, 0.05) is 58.4 Å². The van der Waals surface area contributed by atoms with E-state index in [1.165, 1.54) is 91.7 Å². The molecule has 0 atom stereocenters. The largest absolute Gasteiger partial charge is 0.354 e. The second-order valence-corrected chi connectivity index (χ2v) is 13.0. The summed E-state index contributed by atoms with van der Waals surface area (Å²) in [5.74, 6) is 0. The van der Waals surface area contributed by atoms with Crippen molar-refractivity contribution in [2.45, 2.75) is 0 Å². The summed E-state index contributed by atoms with van der Waals surface area (Å²) < 4.78 is 5.09. The van der Waals surface area contributed by atoms with Gasteiger partial charge in [-0.2, -0.15) is 0 Å². The number of thiophene rings is 1. The fourth-order valence-corrected chi connectivity index (χ4v) is 8.34. The number of fused-ring (bicyclic) bond motifs is 9. The van der Waals surface area contributed by atoms with E-state index in [1.807, 2.05) is 11.3 Å². The molecule has 1 N–H and O–H groups in total. The van der Waals surface area contributed by atoms with Gasteiger partial charge in [0.05, 0.1) is 11.0 Å². The maximum absolute atomic E-state index is 3.66. The molecule has 3 heterocycles. The van der Waals surface area contributed by atoms with E-state index < -0.39 is 0 Å². The van der Waals surface area contributed by atoms with Crippen LogP contribution in [0.2, 0.25) is 0 Å². The van der Waals surface area contributed by atoms with Gasteiger partial charge in [-0.25, -0.2) is 0 Å². The number of H-pyrrole nitrogens is 1. The Balaban J connectivity index is 1.27. The molecular weight excluding hydrogens is 565 g/mol. The van der Waals surface area contributed by atoms with Crippen molar-refractivity contribution in [2.75, 3.05) is 0 Å². The zero-order valence-electron chi connectivity index (χ0n) is 24.3. The number of aromatic amines is 1. The molecular formula is C42H26N2S. The number of para-hydroxylation sites is 2. The highest BCUT2D eigenvalue weighted by Gasteiger charge is 2.18. The number of hydrogen-bond donors (Lipinski definition) is 1. The lowest BCUT2D eigenvalue weighted by atomic mass is 9.98. The van der Waals surface area contributed by atoms with Crippen LogP contribution in [-0.2, 0) is 0 Å². The van der Waals surface area contributed by atoms with E-state index in [1.54, 1.807) is 0 Å². The highest BCUT2D eigenvalue weighted by atomic mass is 32.1. The lowest BCUT2D eigenvalue weighted by molar-refractivity contribution is 1.18. The van der Waals surface area contributed by atoms with Gasteiger partial charge < -0.3 is 9.55 Å². The fourth-order valence-electron chi connectivity index (χ4n) is 7.20. The molecule has 0 aliphatic heterocycles. The molecule has 0 spiro atoms. The highest BCUT2D eigenvalue weighted by molar-refractivity contribution is 7.26. The second kappa shape index (κ2) is 9.43. The van der Waals surface area contributed by atoms with Crippen molar-refractivity contribution >= 4 is 75.1 Å². The Morgan fingerprint density at radius 1 is 0.378 bits per heavy atom. The maximum Gasteiger partial charge on any atom is 0.0555 e. The Bertz CT molecular complexity index is 2690. The lowest BCUT2D eigenvalue weighted by Gasteiger charge is -2.14. The van der Waals surface area contributed by atoms with Gasteiger partial charge in [0.15, 0.2) is 0 Å². The van der Waals surface area contributed by atoms with Crippen LogP contribution in [0.25, 0.3) is 91.7 Å².